The molecule has 5 heteroatoms. The Morgan fingerprint density at radius 1 is 1.00 bits per heavy atom. The number of carbonyl (C=O) groups excluding carboxylic acids is 1. The van der Waals surface area contributed by atoms with Crippen LogP contribution in [0, 0.1) is 6.92 Å². The van der Waals surface area contributed by atoms with Crippen LogP contribution >= 0.6 is 0 Å². The van der Waals surface area contributed by atoms with Crippen LogP contribution in [0.5, 0.6) is 11.5 Å². The second-order valence-electron chi connectivity index (χ2n) is 8.91. The molecule has 32 heavy (non-hydrogen) atoms. The molecule has 1 amide bonds. The Morgan fingerprint density at radius 2 is 1.84 bits per heavy atom. The highest BCUT2D eigenvalue weighted by Crippen LogP contribution is 2.34. The lowest BCUT2D eigenvalue weighted by molar-refractivity contribution is 0.0608. The van der Waals surface area contributed by atoms with Gasteiger partial charge in [-0.05, 0) is 55.7 Å². The number of benzene rings is 2. The molecule has 1 aromatic heterocycles. The molecule has 2 aliphatic rings. The first-order valence-electron chi connectivity index (χ1n) is 11.6. The Morgan fingerprint density at radius 3 is 2.69 bits per heavy atom. The number of nitrogens with zero attached hydrogens (tertiary/aromatic N) is 2. The van der Waals surface area contributed by atoms with E-state index in [-0.39, 0.29) is 18.7 Å². The highest BCUT2D eigenvalue weighted by Gasteiger charge is 2.28. The average Bonchev–Trinajstić information content (AvgIpc) is 3.46. The number of amides is 1. The van der Waals surface area contributed by atoms with E-state index in [1.54, 1.807) is 0 Å². The molecule has 2 heterocycles. The Labute approximate surface area is 189 Å². The summed E-state index contributed by atoms with van der Waals surface area (Å²) in [5, 5.41) is 0. The third-order valence-corrected chi connectivity index (χ3v) is 6.59. The van der Waals surface area contributed by atoms with E-state index in [9.17, 15) is 4.79 Å². The molecule has 0 N–H and O–H groups in total. The van der Waals surface area contributed by atoms with Crippen LogP contribution in [-0.4, -0.2) is 28.2 Å². The van der Waals surface area contributed by atoms with E-state index in [4.69, 9.17) is 9.47 Å². The van der Waals surface area contributed by atoms with E-state index >= 15 is 0 Å². The summed E-state index contributed by atoms with van der Waals surface area (Å²) in [4.78, 5) is 15.8. The molecule has 0 saturated heterocycles. The molecule has 5 rings (SSSR count). The van der Waals surface area contributed by atoms with Crippen LogP contribution in [0.3, 0.4) is 0 Å². The largest absolute Gasteiger partial charge is 0.454 e. The first-order chi connectivity index (χ1) is 15.7. The SMILES string of the molecule is Cc1cccc(Cn2cccc2CN(C(=O)c2ccc3c(c2)OCO3)C2CCCCC2)c1. The fourth-order valence-electron chi connectivity index (χ4n) is 4.88. The summed E-state index contributed by atoms with van der Waals surface area (Å²) in [6.07, 6.45) is 7.86. The lowest BCUT2D eigenvalue weighted by atomic mass is 9.93. The molecule has 1 aliphatic carbocycles. The van der Waals surface area contributed by atoms with Crippen molar-refractivity contribution in [2.45, 2.75) is 58.2 Å². The highest BCUT2D eigenvalue weighted by molar-refractivity contribution is 5.95. The molecule has 0 atom stereocenters. The molecular weight excluding hydrogens is 400 g/mol. The smallest absolute Gasteiger partial charge is 0.254 e. The zero-order chi connectivity index (χ0) is 21.9. The Hall–Kier alpha value is -3.21. The second-order valence-corrected chi connectivity index (χ2v) is 8.91. The fraction of sp³-hybridized carbons (Fsp3) is 0.370. The van der Waals surface area contributed by atoms with Crippen molar-refractivity contribution in [3.63, 3.8) is 0 Å². The summed E-state index contributed by atoms with van der Waals surface area (Å²) < 4.78 is 13.2. The topological polar surface area (TPSA) is 43.7 Å². The Bertz CT molecular complexity index is 1100. The molecular formula is C27H30N2O3. The maximum Gasteiger partial charge on any atom is 0.254 e. The van der Waals surface area contributed by atoms with Gasteiger partial charge in [0.25, 0.3) is 5.91 Å². The molecule has 0 spiro atoms. The minimum atomic E-state index is 0.0681. The minimum absolute atomic E-state index is 0.0681. The third-order valence-electron chi connectivity index (χ3n) is 6.59. The first-order valence-corrected chi connectivity index (χ1v) is 11.6. The van der Waals surface area contributed by atoms with Crippen molar-refractivity contribution in [1.29, 1.82) is 0 Å². The zero-order valence-electron chi connectivity index (χ0n) is 18.6. The predicted molar refractivity (Wildman–Crippen MR) is 124 cm³/mol. The number of carbonyl (C=O) groups is 1. The van der Waals surface area contributed by atoms with Gasteiger partial charge in [-0.15, -0.1) is 0 Å². The van der Waals surface area contributed by atoms with Crippen molar-refractivity contribution in [3.05, 3.63) is 83.2 Å². The summed E-state index contributed by atoms with van der Waals surface area (Å²) in [5.74, 6) is 1.43. The number of hydrogen-bond donors (Lipinski definition) is 0. The summed E-state index contributed by atoms with van der Waals surface area (Å²) in [5.41, 5.74) is 4.36. The predicted octanol–water partition coefficient (Wildman–Crippen LogP) is 5.55. The van der Waals surface area contributed by atoms with Gasteiger partial charge in [-0.25, -0.2) is 0 Å². The van der Waals surface area contributed by atoms with Crippen LogP contribution in [0.1, 0.15) is 59.3 Å². The molecule has 5 nitrogen and oxygen atoms in total. The number of ether oxygens (including phenoxy) is 2. The van der Waals surface area contributed by atoms with Crippen LogP contribution in [0.4, 0.5) is 0 Å². The summed E-state index contributed by atoms with van der Waals surface area (Å²) in [6.45, 7) is 3.75. The lowest BCUT2D eigenvalue weighted by Gasteiger charge is -2.35. The summed E-state index contributed by atoms with van der Waals surface area (Å²) >= 11 is 0. The standard InChI is InChI=1S/C27H30N2O3/c1-20-7-5-8-21(15-20)17-28-14-6-11-24(28)18-29(23-9-3-2-4-10-23)27(30)22-12-13-25-26(16-22)32-19-31-25/h5-8,11-16,23H,2-4,9-10,17-19H2,1H3. The van der Waals surface area contributed by atoms with Gasteiger partial charge in [0.1, 0.15) is 0 Å². The van der Waals surface area contributed by atoms with Crippen LogP contribution in [0.15, 0.2) is 60.8 Å². The molecule has 1 aliphatic heterocycles. The van der Waals surface area contributed by atoms with Gasteiger partial charge in [-0.2, -0.15) is 0 Å². The number of rotatable bonds is 6. The van der Waals surface area contributed by atoms with Gasteiger partial charge in [-0.3, -0.25) is 4.79 Å². The van der Waals surface area contributed by atoms with Crippen LogP contribution < -0.4 is 9.47 Å². The first kappa shape index (κ1) is 20.7. The number of hydrogen-bond acceptors (Lipinski definition) is 3. The van der Waals surface area contributed by atoms with Gasteiger partial charge in [-0.1, -0.05) is 49.1 Å². The maximum atomic E-state index is 13.7. The molecule has 1 fully saturated rings. The van der Waals surface area contributed by atoms with Crippen molar-refractivity contribution in [2.24, 2.45) is 0 Å². The van der Waals surface area contributed by atoms with E-state index < -0.39 is 0 Å². The van der Waals surface area contributed by atoms with Gasteiger partial charge in [0.2, 0.25) is 6.79 Å². The monoisotopic (exact) mass is 430 g/mol. The van der Waals surface area contributed by atoms with Crippen molar-refractivity contribution < 1.29 is 14.3 Å². The van der Waals surface area contributed by atoms with Crippen molar-refractivity contribution in [2.75, 3.05) is 6.79 Å². The maximum absolute atomic E-state index is 13.7. The van der Waals surface area contributed by atoms with Gasteiger partial charge in [0.15, 0.2) is 11.5 Å². The number of aryl methyl sites for hydroxylation is 1. The third kappa shape index (κ3) is 4.38. The quantitative estimate of drug-likeness (QED) is 0.515. The van der Waals surface area contributed by atoms with E-state index in [0.717, 1.165) is 25.1 Å². The van der Waals surface area contributed by atoms with Crippen molar-refractivity contribution >= 4 is 5.91 Å². The lowest BCUT2D eigenvalue weighted by Crippen LogP contribution is -2.41. The van der Waals surface area contributed by atoms with Crippen LogP contribution in [-0.2, 0) is 13.1 Å². The molecule has 3 aromatic rings. The summed E-state index contributed by atoms with van der Waals surface area (Å²) in [6, 6.07) is 18.6. The van der Waals surface area contributed by atoms with Gasteiger partial charge < -0.3 is 18.9 Å². The Kier molecular flexibility index (Phi) is 5.89. The van der Waals surface area contributed by atoms with E-state index in [0.29, 0.717) is 23.6 Å². The Balaban J connectivity index is 1.41. The van der Waals surface area contributed by atoms with Gasteiger partial charge in [0.05, 0.1) is 6.54 Å². The molecule has 2 aromatic carbocycles. The normalized spacial score (nSPS) is 15.7. The molecule has 1 saturated carbocycles. The summed E-state index contributed by atoms with van der Waals surface area (Å²) in [7, 11) is 0. The molecule has 166 valence electrons. The number of fused-ring (bicyclic) bond motifs is 1. The molecule has 0 bridgehead atoms. The van der Waals surface area contributed by atoms with E-state index in [2.05, 4.69) is 59.0 Å². The van der Waals surface area contributed by atoms with Gasteiger partial charge >= 0.3 is 0 Å². The fourth-order valence-corrected chi connectivity index (χ4v) is 4.88. The van der Waals surface area contributed by atoms with Crippen LogP contribution in [0.25, 0.3) is 0 Å². The van der Waals surface area contributed by atoms with Crippen LogP contribution in [0.2, 0.25) is 0 Å². The van der Waals surface area contributed by atoms with Crippen molar-refractivity contribution in [1.82, 2.24) is 9.47 Å². The van der Waals surface area contributed by atoms with Gasteiger partial charge in [0, 0.05) is 30.0 Å². The van der Waals surface area contributed by atoms with Crippen molar-refractivity contribution in [3.8, 4) is 11.5 Å². The van der Waals surface area contributed by atoms with E-state index in [1.807, 2.05) is 18.2 Å². The minimum Gasteiger partial charge on any atom is -0.454 e. The average molecular weight is 431 g/mol. The van der Waals surface area contributed by atoms with E-state index in [1.165, 1.54) is 30.4 Å². The second kappa shape index (κ2) is 9.11. The highest BCUT2D eigenvalue weighted by atomic mass is 16.7. The number of aromatic nitrogens is 1. The zero-order valence-corrected chi connectivity index (χ0v) is 18.6. The molecule has 0 unspecified atom stereocenters. The molecule has 0 radical (unpaired) electrons.